The number of aromatic nitrogens is 1. The summed E-state index contributed by atoms with van der Waals surface area (Å²) in [5, 5.41) is 0.653. The van der Waals surface area contributed by atoms with Crippen LogP contribution in [0.5, 0.6) is 0 Å². The summed E-state index contributed by atoms with van der Waals surface area (Å²) in [6, 6.07) is 0. The van der Waals surface area contributed by atoms with Gasteiger partial charge < -0.3 is 0 Å². The van der Waals surface area contributed by atoms with Gasteiger partial charge in [0.1, 0.15) is 0 Å². The zero-order valence-electron chi connectivity index (χ0n) is 9.32. The summed E-state index contributed by atoms with van der Waals surface area (Å²) in [5.41, 5.74) is 1.22. The maximum Gasteiger partial charge on any atom is 0.178 e. The van der Waals surface area contributed by atoms with Crippen LogP contribution in [0.3, 0.4) is 0 Å². The molecule has 2 nitrogen and oxygen atoms in total. The van der Waals surface area contributed by atoms with Crippen LogP contribution in [0.2, 0.25) is 0 Å². The van der Waals surface area contributed by atoms with E-state index in [1.807, 2.05) is 0 Å². The van der Waals surface area contributed by atoms with Gasteiger partial charge in [-0.15, -0.1) is 11.3 Å². The topological polar surface area (TPSA) is 30.0 Å². The highest BCUT2D eigenvalue weighted by molar-refractivity contribution is 7.13. The molecule has 1 aliphatic carbocycles. The molecule has 15 heavy (non-hydrogen) atoms. The van der Waals surface area contributed by atoms with Gasteiger partial charge >= 0.3 is 0 Å². The molecule has 0 bridgehead atoms. The highest BCUT2D eigenvalue weighted by Crippen LogP contribution is 2.39. The Morgan fingerprint density at radius 2 is 2.07 bits per heavy atom. The molecule has 3 heteroatoms. The molecule has 0 spiro atoms. The Bertz CT molecular complexity index is 351. The number of carbonyl (C=O) groups is 1. The van der Waals surface area contributed by atoms with Crippen LogP contribution in [-0.4, -0.2) is 11.3 Å². The molecule has 0 aliphatic heterocycles. The molecule has 0 saturated heterocycles. The fourth-order valence-corrected chi connectivity index (χ4v) is 3.29. The van der Waals surface area contributed by atoms with Gasteiger partial charge in [0.25, 0.3) is 0 Å². The maximum absolute atomic E-state index is 10.8. The fraction of sp³-hybridized carbons (Fsp3) is 0.667. The van der Waals surface area contributed by atoms with E-state index in [-0.39, 0.29) is 0 Å². The van der Waals surface area contributed by atoms with E-state index in [0.29, 0.717) is 16.8 Å². The predicted octanol–water partition coefficient (Wildman–Crippen LogP) is 3.74. The molecule has 1 aromatic rings. The van der Waals surface area contributed by atoms with Gasteiger partial charge in [0.2, 0.25) is 0 Å². The molecule has 0 N–H and O–H groups in total. The smallest absolute Gasteiger partial charge is 0.178 e. The van der Waals surface area contributed by atoms with Crippen LogP contribution in [0.1, 0.15) is 71.7 Å². The van der Waals surface area contributed by atoms with Crippen LogP contribution in [0.25, 0.3) is 0 Å². The van der Waals surface area contributed by atoms with Crippen molar-refractivity contribution in [1.82, 2.24) is 4.98 Å². The third-order valence-corrected chi connectivity index (χ3v) is 4.36. The van der Waals surface area contributed by atoms with Crippen LogP contribution < -0.4 is 0 Å². The number of hydrogen-bond donors (Lipinski definition) is 0. The molecule has 1 aromatic heterocycles. The lowest BCUT2D eigenvalue weighted by Gasteiger charge is -2.10. The van der Waals surface area contributed by atoms with Crippen molar-refractivity contribution in [2.45, 2.75) is 51.4 Å². The van der Waals surface area contributed by atoms with Gasteiger partial charge in [0, 0.05) is 10.8 Å². The van der Waals surface area contributed by atoms with Crippen molar-refractivity contribution < 1.29 is 4.79 Å². The summed E-state index contributed by atoms with van der Waals surface area (Å²) in [6.45, 7) is 4.36. The predicted molar refractivity (Wildman–Crippen MR) is 62.8 cm³/mol. The third kappa shape index (κ3) is 2.12. The minimum Gasteiger partial charge on any atom is -0.295 e. The second-order valence-electron chi connectivity index (χ2n) is 4.56. The molecular formula is C12H17NOS. The first-order valence-electron chi connectivity index (χ1n) is 5.68. The second kappa shape index (κ2) is 4.44. The summed E-state index contributed by atoms with van der Waals surface area (Å²) in [4.78, 5) is 16.6. The Kier molecular flexibility index (Phi) is 3.19. The Morgan fingerprint density at radius 1 is 1.40 bits per heavy atom. The number of nitrogens with zero attached hydrogens (tertiary/aromatic N) is 1. The summed E-state index contributed by atoms with van der Waals surface area (Å²) < 4.78 is 0. The molecule has 2 rings (SSSR count). The van der Waals surface area contributed by atoms with Crippen molar-refractivity contribution in [1.29, 1.82) is 0 Å². The largest absolute Gasteiger partial charge is 0.295 e. The van der Waals surface area contributed by atoms with Gasteiger partial charge in [-0.2, -0.15) is 0 Å². The standard InChI is InChI=1S/C12H17NOS/c1-8(2)12-11(9-5-3-4-6-9)13-10(7-14)15-12/h7-9H,3-6H2,1-2H3. The number of thiazole rings is 1. The first-order chi connectivity index (χ1) is 7.22. The number of hydrogen-bond acceptors (Lipinski definition) is 3. The van der Waals surface area contributed by atoms with E-state index in [1.165, 1.54) is 36.3 Å². The van der Waals surface area contributed by atoms with Gasteiger partial charge in [-0.25, -0.2) is 4.98 Å². The van der Waals surface area contributed by atoms with Crippen molar-refractivity contribution >= 4 is 17.6 Å². The Hall–Kier alpha value is -0.700. The average Bonchev–Trinajstić information content (AvgIpc) is 2.86. The van der Waals surface area contributed by atoms with Crippen molar-refractivity contribution in [3.63, 3.8) is 0 Å². The van der Waals surface area contributed by atoms with E-state index in [9.17, 15) is 4.79 Å². The number of aldehydes is 1. The van der Waals surface area contributed by atoms with Crippen molar-refractivity contribution in [2.75, 3.05) is 0 Å². The van der Waals surface area contributed by atoms with Crippen LogP contribution in [0.4, 0.5) is 0 Å². The molecule has 1 heterocycles. The Labute approximate surface area is 94.7 Å². The van der Waals surface area contributed by atoms with Gasteiger partial charge in [-0.1, -0.05) is 26.7 Å². The maximum atomic E-state index is 10.8. The van der Waals surface area contributed by atoms with E-state index in [0.717, 1.165) is 6.29 Å². The van der Waals surface area contributed by atoms with E-state index < -0.39 is 0 Å². The number of carbonyl (C=O) groups excluding carboxylic acids is 1. The van der Waals surface area contributed by atoms with Crippen LogP contribution in [0.15, 0.2) is 0 Å². The third-order valence-electron chi connectivity index (χ3n) is 3.06. The normalized spacial score (nSPS) is 17.5. The lowest BCUT2D eigenvalue weighted by atomic mass is 9.99. The van der Waals surface area contributed by atoms with Crippen LogP contribution in [-0.2, 0) is 0 Å². The van der Waals surface area contributed by atoms with E-state index >= 15 is 0 Å². The molecule has 0 unspecified atom stereocenters. The highest BCUT2D eigenvalue weighted by Gasteiger charge is 2.24. The van der Waals surface area contributed by atoms with E-state index in [2.05, 4.69) is 18.8 Å². The lowest BCUT2D eigenvalue weighted by molar-refractivity contribution is 0.112. The fourth-order valence-electron chi connectivity index (χ4n) is 2.32. The molecule has 1 aliphatic rings. The minimum atomic E-state index is 0.492. The monoisotopic (exact) mass is 223 g/mol. The molecule has 0 atom stereocenters. The molecule has 0 aromatic carbocycles. The zero-order valence-corrected chi connectivity index (χ0v) is 10.1. The zero-order chi connectivity index (χ0) is 10.8. The quantitative estimate of drug-likeness (QED) is 0.731. The average molecular weight is 223 g/mol. The van der Waals surface area contributed by atoms with Crippen LogP contribution >= 0.6 is 11.3 Å². The first-order valence-corrected chi connectivity index (χ1v) is 6.49. The summed E-state index contributed by atoms with van der Waals surface area (Å²) in [5.74, 6) is 1.11. The molecule has 0 amide bonds. The summed E-state index contributed by atoms with van der Waals surface area (Å²) in [7, 11) is 0. The summed E-state index contributed by atoms with van der Waals surface area (Å²) >= 11 is 1.58. The molecular weight excluding hydrogens is 206 g/mol. The Morgan fingerprint density at radius 3 is 2.60 bits per heavy atom. The SMILES string of the molecule is CC(C)c1sc(C=O)nc1C1CCCC1. The molecule has 1 fully saturated rings. The van der Waals surface area contributed by atoms with Crippen molar-refractivity contribution in [2.24, 2.45) is 0 Å². The van der Waals surface area contributed by atoms with Gasteiger partial charge in [0.15, 0.2) is 11.3 Å². The first kappa shape index (κ1) is 10.8. The summed E-state index contributed by atoms with van der Waals surface area (Å²) in [6.07, 6.45) is 6.02. The van der Waals surface area contributed by atoms with Gasteiger partial charge in [-0.3, -0.25) is 4.79 Å². The van der Waals surface area contributed by atoms with Crippen molar-refractivity contribution in [3.05, 3.63) is 15.6 Å². The second-order valence-corrected chi connectivity index (χ2v) is 5.62. The molecule has 0 radical (unpaired) electrons. The highest BCUT2D eigenvalue weighted by atomic mass is 32.1. The molecule has 82 valence electrons. The van der Waals surface area contributed by atoms with Gasteiger partial charge in [-0.05, 0) is 18.8 Å². The van der Waals surface area contributed by atoms with Crippen molar-refractivity contribution in [3.8, 4) is 0 Å². The minimum absolute atomic E-state index is 0.492. The molecule has 1 saturated carbocycles. The van der Waals surface area contributed by atoms with Crippen LogP contribution in [0, 0.1) is 0 Å². The van der Waals surface area contributed by atoms with E-state index in [4.69, 9.17) is 0 Å². The van der Waals surface area contributed by atoms with Gasteiger partial charge in [0.05, 0.1) is 5.69 Å². The van der Waals surface area contributed by atoms with E-state index in [1.54, 1.807) is 11.3 Å². The lowest BCUT2D eigenvalue weighted by Crippen LogP contribution is -1.98. The number of rotatable bonds is 3. The Balaban J connectivity index is 2.34.